The first kappa shape index (κ1) is 13.5. The molecule has 1 aromatic heterocycles. The van der Waals surface area contributed by atoms with Gasteiger partial charge in [-0.3, -0.25) is 9.58 Å². The van der Waals surface area contributed by atoms with Crippen molar-refractivity contribution in [1.29, 1.82) is 0 Å². The van der Waals surface area contributed by atoms with Crippen LogP contribution in [-0.2, 0) is 5.41 Å². The van der Waals surface area contributed by atoms with Gasteiger partial charge in [-0.2, -0.15) is 5.10 Å². The van der Waals surface area contributed by atoms with Crippen molar-refractivity contribution < 1.29 is 4.39 Å². The zero-order valence-corrected chi connectivity index (χ0v) is 11.9. The number of aryl methyl sites for hydroxylation is 1. The van der Waals surface area contributed by atoms with Crippen LogP contribution in [0.15, 0.2) is 6.07 Å². The summed E-state index contributed by atoms with van der Waals surface area (Å²) in [5, 5.41) is 4.65. The molecule has 1 unspecified atom stereocenters. The van der Waals surface area contributed by atoms with Crippen LogP contribution in [-0.4, -0.2) is 41.0 Å². The van der Waals surface area contributed by atoms with Crippen molar-refractivity contribution in [3.63, 3.8) is 0 Å². The standard InChI is InChI=1S/C14H24FN3/c1-11-9-13(14(2,3)4)18(16-11)12-5-7-17(10-12)8-6-15/h9,12H,5-8,10H2,1-4H3. The maximum atomic E-state index is 12.4. The van der Waals surface area contributed by atoms with Crippen LogP contribution in [0, 0.1) is 6.92 Å². The molecule has 1 fully saturated rings. The van der Waals surface area contributed by atoms with Gasteiger partial charge in [-0.25, -0.2) is 4.39 Å². The Labute approximate surface area is 109 Å². The number of nitrogens with zero attached hydrogens (tertiary/aromatic N) is 3. The minimum absolute atomic E-state index is 0.106. The lowest BCUT2D eigenvalue weighted by atomic mass is 9.91. The third-order valence-electron chi connectivity index (χ3n) is 3.62. The van der Waals surface area contributed by atoms with Crippen molar-refractivity contribution in [3.05, 3.63) is 17.5 Å². The van der Waals surface area contributed by atoms with E-state index in [1.807, 2.05) is 6.92 Å². The molecule has 0 bridgehead atoms. The smallest absolute Gasteiger partial charge is 0.102 e. The fourth-order valence-electron chi connectivity index (χ4n) is 2.69. The predicted octanol–water partition coefficient (Wildman–Crippen LogP) is 2.71. The van der Waals surface area contributed by atoms with Gasteiger partial charge in [0.05, 0.1) is 11.7 Å². The molecule has 3 nitrogen and oxygen atoms in total. The van der Waals surface area contributed by atoms with Gasteiger partial charge in [0.25, 0.3) is 0 Å². The second-order valence-electron chi connectivity index (χ2n) is 6.30. The number of likely N-dealkylation sites (tertiary alicyclic amines) is 1. The average molecular weight is 253 g/mol. The molecule has 1 aromatic rings. The molecule has 0 saturated carbocycles. The zero-order chi connectivity index (χ0) is 13.3. The van der Waals surface area contributed by atoms with E-state index in [1.165, 1.54) is 5.69 Å². The van der Waals surface area contributed by atoms with Gasteiger partial charge in [0.2, 0.25) is 0 Å². The lowest BCUT2D eigenvalue weighted by Gasteiger charge is -2.23. The van der Waals surface area contributed by atoms with Crippen LogP contribution in [0.3, 0.4) is 0 Å². The van der Waals surface area contributed by atoms with Crippen LogP contribution in [0.4, 0.5) is 4.39 Å². The van der Waals surface area contributed by atoms with E-state index in [4.69, 9.17) is 0 Å². The highest BCUT2D eigenvalue weighted by atomic mass is 19.1. The molecule has 2 rings (SSSR count). The monoisotopic (exact) mass is 253 g/mol. The average Bonchev–Trinajstić information content (AvgIpc) is 2.84. The van der Waals surface area contributed by atoms with Gasteiger partial charge in [0, 0.05) is 30.7 Å². The van der Waals surface area contributed by atoms with E-state index in [1.54, 1.807) is 0 Å². The Morgan fingerprint density at radius 1 is 1.44 bits per heavy atom. The minimum Gasteiger partial charge on any atom is -0.299 e. The quantitative estimate of drug-likeness (QED) is 0.826. The summed E-state index contributed by atoms with van der Waals surface area (Å²) in [5.74, 6) is 0. The second kappa shape index (κ2) is 5.00. The molecule has 1 aliphatic rings. The summed E-state index contributed by atoms with van der Waals surface area (Å²) in [4.78, 5) is 2.19. The van der Waals surface area contributed by atoms with Crippen molar-refractivity contribution in [2.45, 2.75) is 45.6 Å². The van der Waals surface area contributed by atoms with Crippen molar-refractivity contribution in [3.8, 4) is 0 Å². The van der Waals surface area contributed by atoms with E-state index < -0.39 is 0 Å². The summed E-state index contributed by atoms with van der Waals surface area (Å²) in [5.41, 5.74) is 2.46. The Morgan fingerprint density at radius 3 is 2.78 bits per heavy atom. The summed E-state index contributed by atoms with van der Waals surface area (Å²) in [6, 6.07) is 2.58. The molecular formula is C14H24FN3. The molecule has 0 aliphatic carbocycles. The first-order chi connectivity index (χ1) is 8.41. The van der Waals surface area contributed by atoms with E-state index in [0.717, 1.165) is 25.2 Å². The molecule has 102 valence electrons. The first-order valence-electron chi connectivity index (χ1n) is 6.77. The number of halogens is 1. The highest BCUT2D eigenvalue weighted by Gasteiger charge is 2.29. The van der Waals surface area contributed by atoms with Crippen LogP contribution in [0.25, 0.3) is 0 Å². The molecule has 4 heteroatoms. The third kappa shape index (κ3) is 2.74. The van der Waals surface area contributed by atoms with Crippen molar-refractivity contribution in [2.75, 3.05) is 26.3 Å². The number of hydrogen-bond donors (Lipinski definition) is 0. The van der Waals surface area contributed by atoms with Crippen LogP contribution >= 0.6 is 0 Å². The van der Waals surface area contributed by atoms with Crippen LogP contribution in [0.2, 0.25) is 0 Å². The highest BCUT2D eigenvalue weighted by molar-refractivity contribution is 5.18. The van der Waals surface area contributed by atoms with E-state index in [0.29, 0.717) is 12.6 Å². The number of rotatable bonds is 3. The van der Waals surface area contributed by atoms with Gasteiger partial charge < -0.3 is 0 Å². The second-order valence-corrected chi connectivity index (χ2v) is 6.30. The summed E-state index contributed by atoms with van der Waals surface area (Å²) in [6.45, 7) is 10.9. The molecule has 0 spiro atoms. The molecule has 18 heavy (non-hydrogen) atoms. The Hall–Kier alpha value is -0.900. The van der Waals surface area contributed by atoms with Gasteiger partial charge in [-0.15, -0.1) is 0 Å². The molecule has 0 aromatic carbocycles. The summed E-state index contributed by atoms with van der Waals surface area (Å²) in [7, 11) is 0. The fourth-order valence-corrected chi connectivity index (χ4v) is 2.69. The van der Waals surface area contributed by atoms with Crippen LogP contribution in [0.5, 0.6) is 0 Å². The van der Waals surface area contributed by atoms with E-state index >= 15 is 0 Å². The Bertz CT molecular complexity index is 406. The van der Waals surface area contributed by atoms with E-state index in [2.05, 4.69) is 41.5 Å². The van der Waals surface area contributed by atoms with E-state index in [-0.39, 0.29) is 12.1 Å². The van der Waals surface area contributed by atoms with Gasteiger partial charge in [0.1, 0.15) is 6.67 Å². The van der Waals surface area contributed by atoms with Crippen molar-refractivity contribution in [1.82, 2.24) is 14.7 Å². The SMILES string of the molecule is Cc1cc(C(C)(C)C)n(C2CCN(CCF)C2)n1. The van der Waals surface area contributed by atoms with Crippen molar-refractivity contribution >= 4 is 0 Å². The summed E-state index contributed by atoms with van der Waals surface area (Å²) < 4.78 is 14.6. The molecule has 0 radical (unpaired) electrons. The Balaban J connectivity index is 2.19. The van der Waals surface area contributed by atoms with Crippen molar-refractivity contribution in [2.24, 2.45) is 0 Å². The molecule has 0 N–H and O–H groups in total. The maximum Gasteiger partial charge on any atom is 0.102 e. The summed E-state index contributed by atoms with van der Waals surface area (Å²) >= 11 is 0. The number of aromatic nitrogens is 2. The predicted molar refractivity (Wildman–Crippen MR) is 71.7 cm³/mol. The van der Waals surface area contributed by atoms with Crippen LogP contribution in [0.1, 0.15) is 44.6 Å². The van der Waals surface area contributed by atoms with Gasteiger partial charge in [0.15, 0.2) is 0 Å². The fraction of sp³-hybridized carbons (Fsp3) is 0.786. The minimum atomic E-state index is -0.253. The number of alkyl halides is 1. The Morgan fingerprint density at radius 2 is 2.17 bits per heavy atom. The first-order valence-corrected chi connectivity index (χ1v) is 6.77. The van der Waals surface area contributed by atoms with E-state index in [9.17, 15) is 4.39 Å². The number of hydrogen-bond acceptors (Lipinski definition) is 2. The van der Waals surface area contributed by atoms with Crippen LogP contribution < -0.4 is 0 Å². The molecule has 0 amide bonds. The molecule has 1 aliphatic heterocycles. The normalized spacial score (nSPS) is 21.7. The summed E-state index contributed by atoms with van der Waals surface area (Å²) in [6.07, 6.45) is 1.07. The third-order valence-corrected chi connectivity index (χ3v) is 3.62. The highest BCUT2D eigenvalue weighted by Crippen LogP contribution is 2.29. The van der Waals surface area contributed by atoms with Gasteiger partial charge in [-0.05, 0) is 19.4 Å². The van der Waals surface area contributed by atoms with Gasteiger partial charge >= 0.3 is 0 Å². The lowest BCUT2D eigenvalue weighted by molar-refractivity contribution is 0.282. The lowest BCUT2D eigenvalue weighted by Crippen LogP contribution is -2.26. The largest absolute Gasteiger partial charge is 0.299 e. The zero-order valence-electron chi connectivity index (χ0n) is 11.9. The van der Waals surface area contributed by atoms with Gasteiger partial charge in [-0.1, -0.05) is 20.8 Å². The molecule has 1 saturated heterocycles. The Kier molecular flexibility index (Phi) is 3.76. The maximum absolute atomic E-state index is 12.4. The molecule has 1 atom stereocenters. The molecule has 2 heterocycles. The topological polar surface area (TPSA) is 21.1 Å². The molecular weight excluding hydrogens is 229 g/mol.